The van der Waals surface area contributed by atoms with Crippen LogP contribution in [0.15, 0.2) is 29.4 Å². The lowest BCUT2D eigenvalue weighted by Gasteiger charge is -2.27. The van der Waals surface area contributed by atoms with Crippen LogP contribution in [0.2, 0.25) is 0 Å². The maximum absolute atomic E-state index is 12.6. The molecular weight excluding hydrogens is 380 g/mol. The standard InChI is InChI=1S/C19H24N4O4S/c24-18-8-7-17(21-23(18)16-9-12-28(26,27)13-16)19(25)20-14-3-5-15(6-4-14)22-10-1-2-11-22/h3-6,16H,1-2,7-13H2,(H,20,25). The normalized spacial score (nSPS) is 24.4. The maximum Gasteiger partial charge on any atom is 0.271 e. The van der Waals surface area contributed by atoms with Crippen LogP contribution in [0.4, 0.5) is 11.4 Å². The van der Waals surface area contributed by atoms with Crippen molar-refractivity contribution >= 4 is 38.7 Å². The van der Waals surface area contributed by atoms with Gasteiger partial charge in [0.25, 0.3) is 5.91 Å². The van der Waals surface area contributed by atoms with Crippen LogP contribution < -0.4 is 10.2 Å². The van der Waals surface area contributed by atoms with Crippen molar-refractivity contribution in [2.75, 3.05) is 34.8 Å². The van der Waals surface area contributed by atoms with Crippen LogP contribution in [-0.4, -0.2) is 61.6 Å². The van der Waals surface area contributed by atoms with E-state index in [1.807, 2.05) is 24.3 Å². The number of anilines is 2. The van der Waals surface area contributed by atoms with E-state index < -0.39 is 15.9 Å². The van der Waals surface area contributed by atoms with Crippen molar-refractivity contribution in [2.24, 2.45) is 5.10 Å². The van der Waals surface area contributed by atoms with Gasteiger partial charge >= 0.3 is 0 Å². The van der Waals surface area contributed by atoms with Crippen molar-refractivity contribution in [3.05, 3.63) is 24.3 Å². The highest BCUT2D eigenvalue weighted by molar-refractivity contribution is 7.91. The van der Waals surface area contributed by atoms with Gasteiger partial charge in [-0.2, -0.15) is 5.10 Å². The monoisotopic (exact) mass is 404 g/mol. The predicted molar refractivity (Wildman–Crippen MR) is 107 cm³/mol. The Morgan fingerprint density at radius 1 is 1.11 bits per heavy atom. The van der Waals surface area contributed by atoms with Gasteiger partial charge < -0.3 is 10.2 Å². The Bertz CT molecular complexity index is 904. The van der Waals surface area contributed by atoms with Gasteiger partial charge in [-0.1, -0.05) is 0 Å². The number of amides is 2. The van der Waals surface area contributed by atoms with Crippen LogP contribution in [0.5, 0.6) is 0 Å². The molecule has 1 N–H and O–H groups in total. The van der Waals surface area contributed by atoms with E-state index in [9.17, 15) is 18.0 Å². The number of benzene rings is 1. The summed E-state index contributed by atoms with van der Waals surface area (Å²) in [5, 5.41) is 8.24. The molecule has 9 heteroatoms. The number of hydrazone groups is 1. The van der Waals surface area contributed by atoms with Crippen molar-refractivity contribution in [3.8, 4) is 0 Å². The zero-order valence-corrected chi connectivity index (χ0v) is 16.5. The summed E-state index contributed by atoms with van der Waals surface area (Å²) in [5.74, 6) is -0.613. The van der Waals surface area contributed by atoms with Gasteiger partial charge in [-0.25, -0.2) is 13.4 Å². The lowest BCUT2D eigenvalue weighted by atomic mass is 10.1. The molecule has 2 saturated heterocycles. The number of sulfone groups is 1. The number of carbonyl (C=O) groups is 2. The van der Waals surface area contributed by atoms with Crippen LogP contribution in [0, 0.1) is 0 Å². The third-order valence-corrected chi connectivity index (χ3v) is 7.22. The summed E-state index contributed by atoms with van der Waals surface area (Å²) in [6.07, 6.45) is 3.19. The molecule has 0 spiro atoms. The van der Waals surface area contributed by atoms with Gasteiger partial charge in [0.1, 0.15) is 5.71 Å². The third kappa shape index (κ3) is 4.04. The Morgan fingerprint density at radius 2 is 1.82 bits per heavy atom. The molecule has 0 aromatic heterocycles. The van der Waals surface area contributed by atoms with Crippen molar-refractivity contribution in [3.63, 3.8) is 0 Å². The molecule has 8 nitrogen and oxygen atoms in total. The highest BCUT2D eigenvalue weighted by atomic mass is 32.2. The number of nitrogens with zero attached hydrogens (tertiary/aromatic N) is 3. The zero-order valence-electron chi connectivity index (χ0n) is 15.6. The van der Waals surface area contributed by atoms with Crippen molar-refractivity contribution in [1.29, 1.82) is 0 Å². The van der Waals surface area contributed by atoms with Gasteiger partial charge in [0.2, 0.25) is 5.91 Å². The summed E-state index contributed by atoms with van der Waals surface area (Å²) in [7, 11) is -3.13. The molecule has 2 fully saturated rings. The predicted octanol–water partition coefficient (Wildman–Crippen LogP) is 1.39. The highest BCUT2D eigenvalue weighted by Gasteiger charge is 2.37. The lowest BCUT2D eigenvalue weighted by molar-refractivity contribution is -0.133. The van der Waals surface area contributed by atoms with E-state index in [0.717, 1.165) is 18.8 Å². The van der Waals surface area contributed by atoms with E-state index in [0.29, 0.717) is 12.1 Å². The van der Waals surface area contributed by atoms with Crippen molar-refractivity contribution < 1.29 is 18.0 Å². The van der Waals surface area contributed by atoms with Crippen LogP contribution in [0.25, 0.3) is 0 Å². The topological polar surface area (TPSA) is 99.2 Å². The first-order chi connectivity index (χ1) is 13.4. The Hall–Kier alpha value is -2.42. The second-order valence-electron chi connectivity index (χ2n) is 7.54. The number of carbonyl (C=O) groups excluding carboxylic acids is 2. The summed E-state index contributed by atoms with van der Waals surface area (Å²) < 4.78 is 23.4. The summed E-state index contributed by atoms with van der Waals surface area (Å²) in [5.41, 5.74) is 2.07. The molecule has 0 bridgehead atoms. The molecule has 3 heterocycles. The Labute approximate surface area is 164 Å². The fraction of sp³-hybridized carbons (Fsp3) is 0.526. The highest BCUT2D eigenvalue weighted by Crippen LogP contribution is 2.24. The molecule has 1 aromatic rings. The molecule has 0 saturated carbocycles. The number of hydrogen-bond donors (Lipinski definition) is 1. The van der Waals surface area contributed by atoms with Crippen LogP contribution in [0.3, 0.4) is 0 Å². The number of rotatable bonds is 4. The van der Waals surface area contributed by atoms with Gasteiger partial charge in [-0.05, 0) is 43.5 Å². The quantitative estimate of drug-likeness (QED) is 0.818. The minimum atomic E-state index is -3.13. The summed E-state index contributed by atoms with van der Waals surface area (Å²) in [4.78, 5) is 27.1. The molecule has 1 unspecified atom stereocenters. The summed E-state index contributed by atoms with van der Waals surface area (Å²) in [6, 6.07) is 7.23. The Morgan fingerprint density at radius 3 is 2.46 bits per heavy atom. The Kier molecular flexibility index (Phi) is 5.09. The van der Waals surface area contributed by atoms with Gasteiger partial charge in [0.15, 0.2) is 9.84 Å². The summed E-state index contributed by atoms with van der Waals surface area (Å²) >= 11 is 0. The van der Waals surface area contributed by atoms with Crippen molar-refractivity contribution in [1.82, 2.24) is 5.01 Å². The molecule has 1 aromatic carbocycles. The molecule has 0 radical (unpaired) electrons. The third-order valence-electron chi connectivity index (χ3n) is 5.47. The van der Waals surface area contributed by atoms with Crippen molar-refractivity contribution in [2.45, 2.75) is 38.1 Å². The van der Waals surface area contributed by atoms with E-state index in [2.05, 4.69) is 15.3 Å². The average Bonchev–Trinajstić information content (AvgIpc) is 3.32. The first-order valence-electron chi connectivity index (χ1n) is 9.68. The Balaban J connectivity index is 1.43. The SMILES string of the molecule is O=C(Nc1ccc(N2CCCC2)cc1)C1=NN(C2CCS(=O)(=O)C2)C(=O)CC1. The molecule has 2 amide bonds. The molecular formula is C19H24N4O4S. The van der Waals surface area contributed by atoms with Gasteiger partial charge in [-0.15, -0.1) is 0 Å². The number of hydrogen-bond acceptors (Lipinski definition) is 6. The molecule has 150 valence electrons. The van der Waals surface area contributed by atoms with Gasteiger partial charge in [0.05, 0.1) is 17.5 Å². The first-order valence-corrected chi connectivity index (χ1v) is 11.5. The minimum Gasteiger partial charge on any atom is -0.372 e. The molecule has 4 rings (SSSR count). The van der Waals surface area contributed by atoms with E-state index in [4.69, 9.17) is 0 Å². The number of nitrogens with one attached hydrogen (secondary N) is 1. The van der Waals surface area contributed by atoms with Crippen LogP contribution in [-0.2, 0) is 19.4 Å². The summed E-state index contributed by atoms with van der Waals surface area (Å²) in [6.45, 7) is 2.12. The first kappa shape index (κ1) is 18.9. The van der Waals surface area contributed by atoms with Crippen LogP contribution in [0.1, 0.15) is 32.1 Å². The average molecular weight is 404 g/mol. The second kappa shape index (κ2) is 7.54. The minimum absolute atomic E-state index is 0.0574. The van der Waals surface area contributed by atoms with Gasteiger partial charge in [-0.3, -0.25) is 9.59 Å². The van der Waals surface area contributed by atoms with Crippen LogP contribution >= 0.6 is 0 Å². The fourth-order valence-electron chi connectivity index (χ4n) is 3.92. The second-order valence-corrected chi connectivity index (χ2v) is 9.77. The van der Waals surface area contributed by atoms with Gasteiger partial charge in [0, 0.05) is 37.3 Å². The fourth-order valence-corrected chi connectivity index (χ4v) is 5.61. The lowest BCUT2D eigenvalue weighted by Crippen LogP contribution is -2.42. The van der Waals surface area contributed by atoms with E-state index in [-0.39, 0.29) is 41.9 Å². The zero-order chi connectivity index (χ0) is 19.7. The molecule has 3 aliphatic heterocycles. The molecule has 3 aliphatic rings. The van der Waals surface area contributed by atoms with E-state index >= 15 is 0 Å². The molecule has 28 heavy (non-hydrogen) atoms. The molecule has 1 atom stereocenters. The van der Waals surface area contributed by atoms with E-state index in [1.165, 1.54) is 17.9 Å². The largest absolute Gasteiger partial charge is 0.372 e. The van der Waals surface area contributed by atoms with E-state index in [1.54, 1.807) is 0 Å². The maximum atomic E-state index is 12.6. The smallest absolute Gasteiger partial charge is 0.271 e. The molecule has 0 aliphatic carbocycles.